The zero-order chi connectivity index (χ0) is 40.0. The van der Waals surface area contributed by atoms with Crippen LogP contribution >= 0.6 is 8.17 Å². The predicted octanol–water partition coefficient (Wildman–Crippen LogP) is 11.1. The van der Waals surface area contributed by atoms with E-state index in [1.54, 1.807) is 0 Å². The summed E-state index contributed by atoms with van der Waals surface area (Å²) >= 11 is 0. The Kier molecular flexibility index (Phi) is 36.0. The highest BCUT2D eigenvalue weighted by molar-refractivity contribution is 7.52. The summed E-state index contributed by atoms with van der Waals surface area (Å²) in [6, 6.07) is 0. The molecule has 0 aliphatic heterocycles. The normalized spacial score (nSPS) is 13.4. The number of unbranched alkanes of at least 4 members (excludes halogenated alkanes) is 21. The lowest BCUT2D eigenvalue weighted by atomic mass is 10.1. The molecule has 0 saturated heterocycles. The van der Waals surface area contributed by atoms with Crippen molar-refractivity contribution in [2.75, 3.05) is 47.5 Å². The van der Waals surface area contributed by atoms with Crippen LogP contribution in [0.1, 0.15) is 187 Å². The van der Waals surface area contributed by atoms with Crippen LogP contribution in [0.4, 0.5) is 0 Å². The van der Waals surface area contributed by atoms with Gasteiger partial charge in [0, 0.05) is 12.8 Å². The van der Waals surface area contributed by atoms with Crippen LogP contribution in [0, 0.1) is 0 Å². The van der Waals surface area contributed by atoms with Gasteiger partial charge in [-0.05, 0) is 76.4 Å². The van der Waals surface area contributed by atoms with Crippen molar-refractivity contribution in [2.24, 2.45) is 0 Å². The minimum Gasteiger partial charge on any atom is -0.606 e. The first-order valence-corrected chi connectivity index (χ1v) is 23.3. The van der Waals surface area contributed by atoms with Crippen molar-refractivity contribution in [2.45, 2.75) is 193 Å². The second-order valence-corrected chi connectivity index (χ2v) is 17.3. The maximum atomic E-state index is 12.7. The third kappa shape index (κ3) is 40.1. The topological polar surface area (TPSA) is 114 Å². The number of quaternary nitrogens is 1. The SMILES string of the molecule is CCCCCCCC=C=CCCCCCCCC(=O)OC[C@H](CO[P+]([O-])(O)OCC[N+](C)(C)C)OC(=O)CCCCCCC/C=C/CCCCCCCC. The molecule has 316 valence electrons. The molecule has 2 atom stereocenters. The molecule has 0 aromatic heterocycles. The van der Waals surface area contributed by atoms with Gasteiger partial charge in [0.2, 0.25) is 0 Å². The Bertz CT molecular complexity index is 974. The summed E-state index contributed by atoms with van der Waals surface area (Å²) in [6.07, 6.45) is 37.1. The van der Waals surface area contributed by atoms with Crippen molar-refractivity contribution in [1.82, 2.24) is 0 Å². The monoisotopic (exact) mass is 785 g/mol. The van der Waals surface area contributed by atoms with Crippen molar-refractivity contribution in [3.05, 3.63) is 30.0 Å². The molecule has 9 nitrogen and oxygen atoms in total. The molecule has 0 rings (SSSR count). The molecule has 0 spiro atoms. The van der Waals surface area contributed by atoms with E-state index in [4.69, 9.17) is 18.5 Å². The molecule has 1 N–H and O–H groups in total. The standard InChI is InChI=1S/C44H82NO8P/c1-6-8-10-12-14-16-18-20-22-24-26-28-30-32-34-36-43(46)50-40-42(41-52-54(48,49)51-39-38-45(3,4)5)53-44(47)37-35-33-31-29-27-25-23-21-19-17-15-13-11-9-7-2/h18,21-23,42H,6-17,19,24-41H2,1-5H3/p+1/b23-21+/t20?,42-/m1/s1. The zero-order valence-electron chi connectivity index (χ0n) is 35.5. The Labute approximate surface area is 332 Å². The van der Waals surface area contributed by atoms with E-state index in [0.29, 0.717) is 17.4 Å². The van der Waals surface area contributed by atoms with E-state index in [0.717, 1.165) is 77.0 Å². The summed E-state index contributed by atoms with van der Waals surface area (Å²) in [5.74, 6) is -0.828. The second-order valence-electron chi connectivity index (χ2n) is 15.8. The fourth-order valence-electron chi connectivity index (χ4n) is 5.75. The highest BCUT2D eigenvalue weighted by Crippen LogP contribution is 2.47. The minimum absolute atomic E-state index is 0.0270. The smallest absolute Gasteiger partial charge is 0.377 e. The maximum Gasteiger partial charge on any atom is 0.377 e. The molecule has 10 heteroatoms. The van der Waals surface area contributed by atoms with Crippen LogP contribution in [-0.2, 0) is 28.1 Å². The summed E-state index contributed by atoms with van der Waals surface area (Å²) < 4.78 is 21.8. The third-order valence-electron chi connectivity index (χ3n) is 9.23. The first kappa shape index (κ1) is 52.4. The quantitative estimate of drug-likeness (QED) is 0.0164. The van der Waals surface area contributed by atoms with Crippen LogP contribution in [0.15, 0.2) is 30.0 Å². The molecule has 0 heterocycles. The van der Waals surface area contributed by atoms with Crippen LogP contribution in [-0.4, -0.2) is 74.9 Å². The number of rotatable bonds is 39. The Hall–Kier alpha value is -1.57. The van der Waals surface area contributed by atoms with Gasteiger partial charge < -0.3 is 18.9 Å². The van der Waals surface area contributed by atoms with Crippen molar-refractivity contribution in [3.63, 3.8) is 0 Å². The molecule has 0 radical (unpaired) electrons. The number of carbonyl (C=O) groups is 2. The molecule has 0 aromatic carbocycles. The van der Waals surface area contributed by atoms with Crippen LogP contribution in [0.5, 0.6) is 0 Å². The lowest BCUT2D eigenvalue weighted by Crippen LogP contribution is -2.38. The van der Waals surface area contributed by atoms with E-state index < -0.39 is 26.9 Å². The average Bonchev–Trinajstić information content (AvgIpc) is 3.12. The van der Waals surface area contributed by atoms with Crippen molar-refractivity contribution < 1.29 is 42.4 Å². The summed E-state index contributed by atoms with van der Waals surface area (Å²) in [4.78, 5) is 47.8. The first-order valence-electron chi connectivity index (χ1n) is 21.8. The van der Waals surface area contributed by atoms with Gasteiger partial charge in [-0.25, -0.2) is 0 Å². The number of hydrogen-bond acceptors (Lipinski definition) is 8. The molecular weight excluding hydrogens is 701 g/mol. The highest BCUT2D eigenvalue weighted by atomic mass is 31.2. The number of phosphoric acid groups is 1. The number of phosphoric ester groups is 1. The molecule has 0 amide bonds. The number of carbonyl (C=O) groups excluding carboxylic acids is 2. The van der Waals surface area contributed by atoms with Gasteiger partial charge in [-0.2, -0.15) is 13.9 Å². The molecule has 0 saturated carbocycles. The maximum absolute atomic E-state index is 12.7. The van der Waals surface area contributed by atoms with Crippen molar-refractivity contribution in [1.29, 1.82) is 0 Å². The summed E-state index contributed by atoms with van der Waals surface area (Å²) in [5.41, 5.74) is 3.30. The van der Waals surface area contributed by atoms with E-state index >= 15 is 0 Å². The second kappa shape index (κ2) is 37.0. The Balaban J connectivity index is 4.41. The molecule has 1 unspecified atom stereocenters. The van der Waals surface area contributed by atoms with Crippen LogP contribution in [0.25, 0.3) is 0 Å². The number of esters is 2. The van der Waals surface area contributed by atoms with Crippen LogP contribution in [0.2, 0.25) is 0 Å². The van der Waals surface area contributed by atoms with Crippen molar-refractivity contribution in [3.8, 4) is 0 Å². The van der Waals surface area contributed by atoms with E-state index in [1.807, 2.05) is 21.1 Å². The van der Waals surface area contributed by atoms with E-state index in [1.165, 1.54) is 77.0 Å². The Morgan fingerprint density at radius 3 is 1.57 bits per heavy atom. The fraction of sp³-hybridized carbons (Fsp3) is 0.841. The fourth-order valence-corrected chi connectivity index (χ4v) is 6.49. The Morgan fingerprint density at radius 2 is 1.07 bits per heavy atom. The number of ether oxygens (including phenoxy) is 2. The van der Waals surface area contributed by atoms with Crippen molar-refractivity contribution >= 4 is 20.1 Å². The lowest BCUT2D eigenvalue weighted by molar-refractivity contribution is -0.870. The van der Waals surface area contributed by atoms with Gasteiger partial charge >= 0.3 is 20.1 Å². The highest BCUT2D eigenvalue weighted by Gasteiger charge is 2.31. The summed E-state index contributed by atoms with van der Waals surface area (Å²) in [7, 11) is 1.46. The molecule has 0 aromatic rings. The van der Waals surface area contributed by atoms with Gasteiger partial charge in [-0.1, -0.05) is 122 Å². The van der Waals surface area contributed by atoms with Crippen LogP contribution in [0.3, 0.4) is 0 Å². The average molecular weight is 785 g/mol. The number of likely N-dealkylation sites (N-methyl/N-ethyl adjacent to an activating group) is 1. The van der Waals surface area contributed by atoms with Gasteiger partial charge in [0.05, 0.1) is 21.1 Å². The zero-order valence-corrected chi connectivity index (χ0v) is 36.4. The number of nitrogens with zero attached hydrogens (tertiary/aromatic N) is 1. The molecule has 0 bridgehead atoms. The Morgan fingerprint density at radius 1 is 0.630 bits per heavy atom. The number of allylic oxidation sites excluding steroid dienone is 3. The van der Waals surface area contributed by atoms with E-state index in [2.05, 4.69) is 43.9 Å². The lowest BCUT2D eigenvalue weighted by Gasteiger charge is -2.26. The van der Waals surface area contributed by atoms with Gasteiger partial charge in [0.15, 0.2) is 6.10 Å². The summed E-state index contributed by atoms with van der Waals surface area (Å²) in [6.45, 7) is 4.37. The largest absolute Gasteiger partial charge is 0.606 e. The van der Waals surface area contributed by atoms with Gasteiger partial charge in [-0.15, -0.1) is 5.73 Å². The molecule has 0 aliphatic carbocycles. The molecule has 0 aliphatic rings. The third-order valence-corrected chi connectivity index (χ3v) is 10.2. The molecule has 54 heavy (non-hydrogen) atoms. The summed E-state index contributed by atoms with van der Waals surface area (Å²) in [5, 5.41) is 0. The van der Waals surface area contributed by atoms with Crippen LogP contribution < -0.4 is 4.89 Å². The minimum atomic E-state index is -4.38. The molecule has 0 fully saturated rings. The molecular formula is C44H83NO8P+. The van der Waals surface area contributed by atoms with E-state index in [9.17, 15) is 19.4 Å². The van der Waals surface area contributed by atoms with Gasteiger partial charge in [-0.3, -0.25) is 9.59 Å². The van der Waals surface area contributed by atoms with E-state index in [-0.39, 0.29) is 32.0 Å². The first-order chi connectivity index (χ1) is 26.0. The number of hydrogen-bond donors (Lipinski definition) is 1. The van der Waals surface area contributed by atoms with Gasteiger partial charge in [0.1, 0.15) is 26.4 Å². The predicted molar refractivity (Wildman–Crippen MR) is 223 cm³/mol. The van der Waals surface area contributed by atoms with Gasteiger partial charge in [0.25, 0.3) is 0 Å².